The maximum Gasteiger partial charge on any atom is 0.129 e. The molecule has 1 heterocycles. The van der Waals surface area contributed by atoms with Crippen LogP contribution in [0.15, 0.2) is 12.4 Å². The van der Waals surface area contributed by atoms with Gasteiger partial charge in [0.05, 0.1) is 0 Å². The standard InChI is InChI=1S/C11H19N3OS/c1-4-10-7-11(13-8-12-10)14-9(2)5-6-16(3)15/h7-9H,4-6H2,1-3H3,(H,12,13,14). The molecule has 0 radical (unpaired) electrons. The van der Waals surface area contributed by atoms with Crippen molar-refractivity contribution >= 4 is 16.6 Å². The third-order valence-electron chi connectivity index (χ3n) is 2.32. The first kappa shape index (κ1) is 13.1. The molecule has 90 valence electrons. The highest BCUT2D eigenvalue weighted by molar-refractivity contribution is 7.84. The summed E-state index contributed by atoms with van der Waals surface area (Å²) in [7, 11) is -0.723. The molecule has 0 saturated heterocycles. The van der Waals surface area contributed by atoms with Gasteiger partial charge in [-0.25, -0.2) is 9.97 Å². The van der Waals surface area contributed by atoms with Crippen molar-refractivity contribution in [3.63, 3.8) is 0 Å². The Morgan fingerprint density at radius 1 is 1.50 bits per heavy atom. The van der Waals surface area contributed by atoms with Gasteiger partial charge in [0.15, 0.2) is 0 Å². The van der Waals surface area contributed by atoms with Crippen LogP contribution in [0, 0.1) is 0 Å². The van der Waals surface area contributed by atoms with Crippen LogP contribution in [0.4, 0.5) is 5.82 Å². The van der Waals surface area contributed by atoms with Crippen LogP contribution in [0.1, 0.15) is 26.0 Å². The van der Waals surface area contributed by atoms with E-state index in [2.05, 4.69) is 29.1 Å². The zero-order valence-electron chi connectivity index (χ0n) is 10.1. The molecule has 0 bridgehead atoms. The first-order chi connectivity index (χ1) is 7.61. The van der Waals surface area contributed by atoms with Gasteiger partial charge in [0.25, 0.3) is 0 Å². The Bertz CT molecular complexity index is 357. The molecule has 0 amide bonds. The number of hydrogen-bond donors (Lipinski definition) is 1. The minimum absolute atomic E-state index is 0.281. The largest absolute Gasteiger partial charge is 0.367 e. The maximum atomic E-state index is 11.0. The third kappa shape index (κ3) is 4.70. The highest BCUT2D eigenvalue weighted by Gasteiger charge is 2.04. The van der Waals surface area contributed by atoms with E-state index in [-0.39, 0.29) is 6.04 Å². The Hall–Kier alpha value is -0.970. The number of rotatable bonds is 6. The maximum absolute atomic E-state index is 11.0. The quantitative estimate of drug-likeness (QED) is 0.822. The van der Waals surface area contributed by atoms with Crippen LogP contribution in [-0.4, -0.2) is 32.2 Å². The lowest BCUT2D eigenvalue weighted by Crippen LogP contribution is -2.18. The second-order valence-electron chi connectivity index (χ2n) is 3.86. The lowest BCUT2D eigenvalue weighted by molar-refractivity contribution is 0.678. The molecule has 1 N–H and O–H groups in total. The molecule has 4 nitrogen and oxygen atoms in total. The molecule has 0 saturated carbocycles. The number of anilines is 1. The van der Waals surface area contributed by atoms with E-state index in [1.807, 2.05) is 6.07 Å². The first-order valence-electron chi connectivity index (χ1n) is 5.49. The molecule has 0 aromatic carbocycles. The summed E-state index contributed by atoms with van der Waals surface area (Å²) in [6.45, 7) is 4.14. The van der Waals surface area contributed by atoms with Gasteiger partial charge in [-0.15, -0.1) is 0 Å². The molecule has 5 heteroatoms. The number of aromatic nitrogens is 2. The van der Waals surface area contributed by atoms with E-state index in [9.17, 15) is 4.21 Å². The molecule has 0 aliphatic carbocycles. The summed E-state index contributed by atoms with van der Waals surface area (Å²) < 4.78 is 11.0. The molecule has 0 fully saturated rings. The van der Waals surface area contributed by atoms with Crippen molar-refractivity contribution in [2.45, 2.75) is 32.7 Å². The molecular formula is C11H19N3OS. The van der Waals surface area contributed by atoms with Gasteiger partial charge in [-0.2, -0.15) is 0 Å². The molecular weight excluding hydrogens is 222 g/mol. The van der Waals surface area contributed by atoms with Crippen molar-refractivity contribution in [3.8, 4) is 0 Å². The minimum Gasteiger partial charge on any atom is -0.367 e. The van der Waals surface area contributed by atoms with Crippen molar-refractivity contribution in [3.05, 3.63) is 18.1 Å². The summed E-state index contributed by atoms with van der Waals surface area (Å²) in [5.74, 6) is 1.57. The van der Waals surface area contributed by atoms with E-state index in [0.29, 0.717) is 0 Å². The second kappa shape index (κ2) is 6.58. The van der Waals surface area contributed by atoms with Gasteiger partial charge in [0.2, 0.25) is 0 Å². The summed E-state index contributed by atoms with van der Waals surface area (Å²) in [4.78, 5) is 8.30. The number of nitrogens with one attached hydrogen (secondary N) is 1. The van der Waals surface area contributed by atoms with Gasteiger partial charge in [-0.3, -0.25) is 4.21 Å². The zero-order chi connectivity index (χ0) is 12.0. The topological polar surface area (TPSA) is 54.9 Å². The van der Waals surface area contributed by atoms with Crippen LogP contribution in [0.25, 0.3) is 0 Å². The van der Waals surface area contributed by atoms with E-state index in [4.69, 9.17) is 0 Å². The Balaban J connectivity index is 2.48. The molecule has 1 rings (SSSR count). The van der Waals surface area contributed by atoms with Crippen molar-refractivity contribution in [1.82, 2.24) is 9.97 Å². The van der Waals surface area contributed by atoms with E-state index in [0.717, 1.165) is 30.1 Å². The summed E-state index contributed by atoms with van der Waals surface area (Å²) in [5, 5.41) is 3.29. The van der Waals surface area contributed by atoms with Gasteiger partial charge >= 0.3 is 0 Å². The van der Waals surface area contributed by atoms with Crippen LogP contribution < -0.4 is 5.32 Å². The number of nitrogens with zero attached hydrogens (tertiary/aromatic N) is 2. The molecule has 16 heavy (non-hydrogen) atoms. The summed E-state index contributed by atoms with van der Waals surface area (Å²) in [6, 6.07) is 2.24. The average molecular weight is 241 g/mol. The predicted octanol–water partition coefficient (Wildman–Crippen LogP) is 1.61. The highest BCUT2D eigenvalue weighted by Crippen LogP contribution is 2.07. The van der Waals surface area contributed by atoms with E-state index >= 15 is 0 Å². The smallest absolute Gasteiger partial charge is 0.129 e. The van der Waals surface area contributed by atoms with Crippen LogP contribution in [-0.2, 0) is 17.2 Å². The molecule has 1 aromatic heterocycles. The Morgan fingerprint density at radius 2 is 2.25 bits per heavy atom. The predicted molar refractivity (Wildman–Crippen MR) is 68.0 cm³/mol. The summed E-state index contributed by atoms with van der Waals surface area (Å²) in [5.41, 5.74) is 1.03. The fourth-order valence-corrected chi connectivity index (χ4v) is 2.02. The molecule has 2 unspecified atom stereocenters. The normalized spacial score (nSPS) is 14.4. The van der Waals surface area contributed by atoms with Crippen LogP contribution in [0.5, 0.6) is 0 Å². The Morgan fingerprint density at radius 3 is 2.88 bits per heavy atom. The van der Waals surface area contributed by atoms with Crippen molar-refractivity contribution in [2.75, 3.05) is 17.3 Å². The van der Waals surface area contributed by atoms with Crippen LogP contribution >= 0.6 is 0 Å². The second-order valence-corrected chi connectivity index (χ2v) is 5.41. The van der Waals surface area contributed by atoms with Gasteiger partial charge in [-0.1, -0.05) is 6.92 Å². The average Bonchev–Trinajstić information content (AvgIpc) is 2.26. The van der Waals surface area contributed by atoms with Crippen molar-refractivity contribution < 1.29 is 4.21 Å². The molecule has 0 aliphatic rings. The Kier molecular flexibility index (Phi) is 5.38. The van der Waals surface area contributed by atoms with Gasteiger partial charge in [-0.05, 0) is 19.8 Å². The lowest BCUT2D eigenvalue weighted by Gasteiger charge is -2.13. The fraction of sp³-hybridized carbons (Fsp3) is 0.636. The summed E-state index contributed by atoms with van der Waals surface area (Å²) in [6.07, 6.45) is 5.09. The SMILES string of the molecule is CCc1cc(NC(C)CCS(C)=O)ncn1. The van der Waals surface area contributed by atoms with E-state index < -0.39 is 10.8 Å². The minimum atomic E-state index is -0.723. The van der Waals surface area contributed by atoms with Crippen molar-refractivity contribution in [2.24, 2.45) is 0 Å². The Labute approximate surface area is 99.3 Å². The van der Waals surface area contributed by atoms with E-state index in [1.54, 1.807) is 12.6 Å². The monoisotopic (exact) mass is 241 g/mol. The zero-order valence-corrected chi connectivity index (χ0v) is 10.9. The lowest BCUT2D eigenvalue weighted by atomic mass is 10.2. The van der Waals surface area contributed by atoms with E-state index in [1.165, 1.54) is 0 Å². The fourth-order valence-electron chi connectivity index (χ4n) is 1.34. The third-order valence-corrected chi connectivity index (χ3v) is 3.13. The summed E-state index contributed by atoms with van der Waals surface area (Å²) >= 11 is 0. The molecule has 1 aromatic rings. The van der Waals surface area contributed by atoms with Crippen LogP contribution in [0.3, 0.4) is 0 Å². The molecule has 0 spiro atoms. The molecule has 0 aliphatic heterocycles. The molecule has 2 atom stereocenters. The van der Waals surface area contributed by atoms with Crippen LogP contribution in [0.2, 0.25) is 0 Å². The number of hydrogen-bond acceptors (Lipinski definition) is 4. The van der Waals surface area contributed by atoms with Gasteiger partial charge in [0.1, 0.15) is 12.1 Å². The van der Waals surface area contributed by atoms with Gasteiger partial charge < -0.3 is 5.32 Å². The highest BCUT2D eigenvalue weighted by atomic mass is 32.2. The first-order valence-corrected chi connectivity index (χ1v) is 7.22. The van der Waals surface area contributed by atoms with Gasteiger partial charge in [0, 0.05) is 40.6 Å². The van der Waals surface area contributed by atoms with Crippen molar-refractivity contribution in [1.29, 1.82) is 0 Å². The number of aryl methyl sites for hydroxylation is 1.